The van der Waals surface area contributed by atoms with Crippen molar-refractivity contribution in [3.8, 4) is 17.0 Å². The van der Waals surface area contributed by atoms with Gasteiger partial charge >= 0.3 is 0 Å². The highest BCUT2D eigenvalue weighted by Crippen LogP contribution is 2.34. The van der Waals surface area contributed by atoms with Crippen LogP contribution in [0.3, 0.4) is 0 Å². The van der Waals surface area contributed by atoms with E-state index in [9.17, 15) is 9.59 Å². The molecule has 0 fully saturated rings. The fourth-order valence-electron chi connectivity index (χ4n) is 3.52. The zero-order valence-corrected chi connectivity index (χ0v) is 19.7. The number of nitrogens with zero attached hydrogens (tertiary/aromatic N) is 2. The zero-order valence-electron chi connectivity index (χ0n) is 17.4. The Morgan fingerprint density at radius 3 is 2.84 bits per heavy atom. The molecule has 1 N–H and O–H groups in total. The Bertz CT molecular complexity index is 1170. The molecule has 6 nitrogen and oxygen atoms in total. The average molecular weight is 490 g/mol. The van der Waals surface area contributed by atoms with Crippen LogP contribution in [0.25, 0.3) is 11.3 Å². The monoisotopic (exact) mass is 489 g/mol. The van der Waals surface area contributed by atoms with E-state index < -0.39 is 0 Å². The molecule has 1 aliphatic rings. The van der Waals surface area contributed by atoms with E-state index in [4.69, 9.17) is 27.9 Å². The quantitative estimate of drug-likeness (QED) is 0.424. The summed E-state index contributed by atoms with van der Waals surface area (Å²) in [5, 5.41) is 6.25. The summed E-state index contributed by atoms with van der Waals surface area (Å²) in [4.78, 5) is 30.4. The van der Waals surface area contributed by atoms with Crippen molar-refractivity contribution in [3.63, 3.8) is 0 Å². The summed E-state index contributed by atoms with van der Waals surface area (Å²) >= 11 is 13.3. The second-order valence-corrected chi connectivity index (χ2v) is 9.08. The lowest BCUT2D eigenvalue weighted by molar-refractivity contribution is -0.117. The number of carbonyl (C=O) groups is 2. The molecule has 0 aliphatic carbocycles. The number of ether oxygens (including phenoxy) is 1. The molecule has 0 radical (unpaired) electrons. The van der Waals surface area contributed by atoms with Gasteiger partial charge in [0.2, 0.25) is 11.8 Å². The molecule has 2 amide bonds. The number of halogens is 2. The fourth-order valence-corrected chi connectivity index (χ4v) is 4.72. The van der Waals surface area contributed by atoms with E-state index in [2.05, 4.69) is 10.3 Å². The van der Waals surface area contributed by atoms with Crippen molar-refractivity contribution < 1.29 is 14.3 Å². The molecule has 2 heterocycles. The molecule has 0 bridgehead atoms. The minimum absolute atomic E-state index is 0.0365. The van der Waals surface area contributed by atoms with Crippen LogP contribution in [0.2, 0.25) is 10.0 Å². The Labute approximate surface area is 200 Å². The Kier molecular flexibility index (Phi) is 6.98. The van der Waals surface area contributed by atoms with Crippen molar-refractivity contribution >= 4 is 57.2 Å². The van der Waals surface area contributed by atoms with E-state index in [1.807, 2.05) is 23.6 Å². The van der Waals surface area contributed by atoms with Gasteiger partial charge in [0, 0.05) is 41.5 Å². The fraction of sp³-hybridized carbons (Fsp3) is 0.261. The smallest absolute Gasteiger partial charge is 0.226 e. The van der Waals surface area contributed by atoms with Gasteiger partial charge in [-0.1, -0.05) is 35.3 Å². The highest BCUT2D eigenvalue weighted by Gasteiger charge is 2.23. The first kappa shape index (κ1) is 22.6. The van der Waals surface area contributed by atoms with Crippen LogP contribution in [0.15, 0.2) is 41.8 Å². The zero-order chi connectivity index (χ0) is 22.7. The summed E-state index contributed by atoms with van der Waals surface area (Å²) in [6, 6.07) is 11.1. The first-order valence-electron chi connectivity index (χ1n) is 10.2. The molecule has 166 valence electrons. The van der Waals surface area contributed by atoms with Crippen LogP contribution in [-0.4, -0.2) is 29.9 Å². The molecule has 0 saturated heterocycles. The number of nitrogens with one attached hydrogen (secondary N) is 1. The van der Waals surface area contributed by atoms with E-state index >= 15 is 0 Å². The highest BCUT2D eigenvalue weighted by molar-refractivity contribution is 7.14. The van der Waals surface area contributed by atoms with Crippen LogP contribution in [0.4, 0.5) is 10.8 Å². The van der Waals surface area contributed by atoms with Gasteiger partial charge in [-0.25, -0.2) is 4.98 Å². The highest BCUT2D eigenvalue weighted by atomic mass is 35.5. The number of benzene rings is 2. The maximum absolute atomic E-state index is 12.3. The average Bonchev–Trinajstić information content (AvgIpc) is 3.39. The SMILES string of the molecule is CC(=O)N1CCc2ccc(-c3csc(NC(=O)CCCOc4ccc(Cl)cc4Cl)n3)cc21. The predicted octanol–water partition coefficient (Wildman–Crippen LogP) is 5.82. The number of carbonyl (C=O) groups excluding carboxylic acids is 2. The molecule has 3 aromatic rings. The molecule has 1 aliphatic heterocycles. The molecule has 0 atom stereocenters. The Morgan fingerprint density at radius 2 is 2.06 bits per heavy atom. The molecular weight excluding hydrogens is 469 g/mol. The maximum Gasteiger partial charge on any atom is 0.226 e. The summed E-state index contributed by atoms with van der Waals surface area (Å²) in [5.74, 6) is 0.446. The predicted molar refractivity (Wildman–Crippen MR) is 129 cm³/mol. The summed E-state index contributed by atoms with van der Waals surface area (Å²) in [6.07, 6.45) is 1.70. The first-order chi connectivity index (χ1) is 15.4. The largest absolute Gasteiger partial charge is 0.492 e. The molecule has 32 heavy (non-hydrogen) atoms. The number of aromatic nitrogens is 1. The van der Waals surface area contributed by atoms with Crippen LogP contribution < -0.4 is 15.0 Å². The van der Waals surface area contributed by atoms with E-state index in [1.165, 1.54) is 11.3 Å². The van der Waals surface area contributed by atoms with Crippen molar-refractivity contribution in [3.05, 3.63) is 57.4 Å². The first-order valence-corrected chi connectivity index (χ1v) is 11.8. The van der Waals surface area contributed by atoms with Gasteiger partial charge in [-0.3, -0.25) is 9.59 Å². The number of hydrogen-bond donors (Lipinski definition) is 1. The van der Waals surface area contributed by atoms with Gasteiger partial charge in [-0.2, -0.15) is 0 Å². The van der Waals surface area contributed by atoms with Crippen LogP contribution in [0.5, 0.6) is 5.75 Å². The van der Waals surface area contributed by atoms with Gasteiger partial charge in [0.05, 0.1) is 17.3 Å². The number of hydrogen-bond acceptors (Lipinski definition) is 5. The van der Waals surface area contributed by atoms with Crippen LogP contribution in [-0.2, 0) is 16.0 Å². The van der Waals surface area contributed by atoms with Gasteiger partial charge in [0.15, 0.2) is 5.13 Å². The van der Waals surface area contributed by atoms with Crippen molar-refractivity contribution in [1.82, 2.24) is 4.98 Å². The molecule has 0 unspecified atom stereocenters. The van der Waals surface area contributed by atoms with Crippen LogP contribution >= 0.6 is 34.5 Å². The number of anilines is 2. The van der Waals surface area contributed by atoms with E-state index in [0.29, 0.717) is 46.9 Å². The van der Waals surface area contributed by atoms with Gasteiger partial charge in [0.25, 0.3) is 0 Å². The van der Waals surface area contributed by atoms with Crippen molar-refractivity contribution in [2.24, 2.45) is 0 Å². The summed E-state index contributed by atoms with van der Waals surface area (Å²) in [5.41, 5.74) is 3.79. The van der Waals surface area contributed by atoms with Crippen LogP contribution in [0.1, 0.15) is 25.3 Å². The maximum atomic E-state index is 12.3. The van der Waals surface area contributed by atoms with Gasteiger partial charge in [-0.05, 0) is 42.7 Å². The van der Waals surface area contributed by atoms with E-state index in [-0.39, 0.29) is 11.8 Å². The normalized spacial score (nSPS) is 12.5. The van der Waals surface area contributed by atoms with E-state index in [1.54, 1.807) is 30.0 Å². The summed E-state index contributed by atoms with van der Waals surface area (Å²) in [7, 11) is 0. The lowest BCUT2D eigenvalue weighted by atomic mass is 10.1. The number of thiazole rings is 1. The van der Waals surface area contributed by atoms with E-state index in [0.717, 1.165) is 28.9 Å². The molecule has 4 rings (SSSR count). The minimum atomic E-state index is -0.131. The minimum Gasteiger partial charge on any atom is -0.492 e. The standard InChI is InChI=1S/C23H21Cl2N3O3S/c1-14(29)28-9-8-15-4-5-16(11-20(15)28)19-13-32-23(26-19)27-22(30)3-2-10-31-21-7-6-17(24)12-18(21)25/h4-7,11-13H,2-3,8-10H2,1H3,(H,26,27,30). The number of fused-ring (bicyclic) bond motifs is 1. The number of amides is 2. The molecule has 2 aromatic carbocycles. The van der Waals surface area contributed by atoms with Gasteiger partial charge in [-0.15, -0.1) is 11.3 Å². The lowest BCUT2D eigenvalue weighted by Gasteiger charge is -2.15. The lowest BCUT2D eigenvalue weighted by Crippen LogP contribution is -2.25. The van der Waals surface area contributed by atoms with Crippen molar-refractivity contribution in [2.75, 3.05) is 23.4 Å². The Hall–Kier alpha value is -2.61. The third-order valence-electron chi connectivity index (χ3n) is 5.11. The molecule has 1 aromatic heterocycles. The van der Waals surface area contributed by atoms with Crippen molar-refractivity contribution in [1.29, 1.82) is 0 Å². The van der Waals surface area contributed by atoms with Gasteiger partial charge < -0.3 is 15.0 Å². The Balaban J connectivity index is 1.30. The number of rotatable bonds is 7. The summed E-state index contributed by atoms with van der Waals surface area (Å²) in [6.45, 7) is 2.65. The van der Waals surface area contributed by atoms with Gasteiger partial charge in [0.1, 0.15) is 5.75 Å². The third kappa shape index (κ3) is 5.23. The summed E-state index contributed by atoms with van der Waals surface area (Å²) < 4.78 is 5.60. The molecular formula is C23H21Cl2N3O3S. The molecule has 0 spiro atoms. The topological polar surface area (TPSA) is 71.5 Å². The molecule has 0 saturated carbocycles. The molecule has 9 heteroatoms. The second kappa shape index (κ2) is 9.90. The van der Waals surface area contributed by atoms with Crippen molar-refractivity contribution in [2.45, 2.75) is 26.2 Å². The third-order valence-corrected chi connectivity index (χ3v) is 6.40. The Morgan fingerprint density at radius 1 is 1.22 bits per heavy atom. The second-order valence-electron chi connectivity index (χ2n) is 7.38. The van der Waals surface area contributed by atoms with Crippen LogP contribution in [0, 0.1) is 0 Å².